The van der Waals surface area contributed by atoms with Crippen LogP contribution in [-0.2, 0) is 0 Å². The maximum atomic E-state index is 11.3. The summed E-state index contributed by atoms with van der Waals surface area (Å²) in [7, 11) is 0. The van der Waals surface area contributed by atoms with E-state index >= 15 is 0 Å². The molecule has 1 aromatic carbocycles. The van der Waals surface area contributed by atoms with Crippen LogP contribution in [0.4, 0.5) is 17.2 Å². The predicted molar refractivity (Wildman–Crippen MR) is 81.1 cm³/mol. The summed E-state index contributed by atoms with van der Waals surface area (Å²) in [5.41, 5.74) is 0.173. The Morgan fingerprint density at radius 1 is 1.30 bits per heavy atom. The van der Waals surface area contributed by atoms with Crippen molar-refractivity contribution in [2.75, 3.05) is 5.32 Å². The van der Waals surface area contributed by atoms with E-state index in [0.717, 1.165) is 6.33 Å². The number of rotatable bonds is 6. The molecular formula is C14H14N4O5. The number of hydrogen-bond donors (Lipinski definition) is 2. The van der Waals surface area contributed by atoms with Crippen molar-refractivity contribution >= 4 is 23.2 Å². The Kier molecular flexibility index (Phi) is 4.69. The highest BCUT2D eigenvalue weighted by Gasteiger charge is 2.25. The number of ether oxygens (including phenoxy) is 1. The van der Waals surface area contributed by atoms with Crippen molar-refractivity contribution in [1.82, 2.24) is 9.97 Å². The number of hydrogen-bond acceptors (Lipinski definition) is 7. The lowest BCUT2D eigenvalue weighted by atomic mass is 10.2. The highest BCUT2D eigenvalue weighted by Crippen LogP contribution is 2.33. The largest absolute Gasteiger partial charge is 0.478 e. The standard InChI is InChI=1S/C14H14N4O5/c1-8(2)23-13-11(18(21)22)12(15-7-16-13)17-10-5-3-9(4-6-10)14(19)20/h3-8H,1-2H3,(H,19,20)(H,15,16,17). The molecule has 0 atom stereocenters. The van der Waals surface area contributed by atoms with E-state index in [-0.39, 0.29) is 29.1 Å². The molecule has 2 aromatic rings. The molecule has 1 aromatic heterocycles. The Hall–Kier alpha value is -3.23. The van der Waals surface area contributed by atoms with Gasteiger partial charge in [-0.25, -0.2) is 9.78 Å². The average molecular weight is 318 g/mol. The maximum absolute atomic E-state index is 11.3. The topological polar surface area (TPSA) is 127 Å². The number of carboxylic acids is 1. The molecule has 0 amide bonds. The van der Waals surface area contributed by atoms with Crippen molar-refractivity contribution in [1.29, 1.82) is 0 Å². The molecule has 0 aliphatic rings. The molecule has 9 heteroatoms. The normalized spacial score (nSPS) is 10.4. The number of aromatic nitrogens is 2. The molecule has 1 heterocycles. The molecule has 0 aliphatic carbocycles. The van der Waals surface area contributed by atoms with Crippen LogP contribution >= 0.6 is 0 Å². The third kappa shape index (κ3) is 3.90. The van der Waals surface area contributed by atoms with Gasteiger partial charge in [-0.3, -0.25) is 10.1 Å². The fourth-order valence-corrected chi connectivity index (χ4v) is 1.76. The molecule has 0 aliphatic heterocycles. The van der Waals surface area contributed by atoms with Crippen molar-refractivity contribution in [2.45, 2.75) is 20.0 Å². The Morgan fingerprint density at radius 3 is 2.48 bits per heavy atom. The number of benzene rings is 1. The highest BCUT2D eigenvalue weighted by molar-refractivity contribution is 5.88. The zero-order valence-electron chi connectivity index (χ0n) is 12.4. The van der Waals surface area contributed by atoms with Crippen LogP contribution in [0.15, 0.2) is 30.6 Å². The van der Waals surface area contributed by atoms with Crippen LogP contribution in [-0.4, -0.2) is 32.1 Å². The van der Waals surface area contributed by atoms with E-state index < -0.39 is 10.9 Å². The molecule has 2 rings (SSSR count). The quantitative estimate of drug-likeness (QED) is 0.614. The van der Waals surface area contributed by atoms with Gasteiger partial charge in [0, 0.05) is 5.69 Å². The van der Waals surface area contributed by atoms with E-state index in [1.165, 1.54) is 24.3 Å². The number of carbonyl (C=O) groups is 1. The fraction of sp³-hybridized carbons (Fsp3) is 0.214. The average Bonchev–Trinajstić information content (AvgIpc) is 2.47. The Morgan fingerprint density at radius 2 is 1.96 bits per heavy atom. The Bertz CT molecular complexity index is 730. The minimum Gasteiger partial charge on any atom is -0.478 e. The van der Waals surface area contributed by atoms with Gasteiger partial charge in [0.05, 0.1) is 16.6 Å². The zero-order valence-corrected chi connectivity index (χ0v) is 12.4. The van der Waals surface area contributed by atoms with Crippen molar-refractivity contribution < 1.29 is 19.6 Å². The lowest BCUT2D eigenvalue weighted by molar-refractivity contribution is -0.385. The van der Waals surface area contributed by atoms with Crippen LogP contribution in [0.5, 0.6) is 5.88 Å². The minimum absolute atomic E-state index is 0.0382. The number of carboxylic acid groups (broad SMARTS) is 1. The smallest absolute Gasteiger partial charge is 0.373 e. The van der Waals surface area contributed by atoms with E-state index in [1.807, 2.05) is 0 Å². The van der Waals surface area contributed by atoms with E-state index in [9.17, 15) is 14.9 Å². The van der Waals surface area contributed by atoms with Crippen molar-refractivity contribution in [3.05, 3.63) is 46.3 Å². The second kappa shape index (κ2) is 6.69. The Balaban J connectivity index is 2.35. The SMILES string of the molecule is CC(C)Oc1ncnc(Nc2ccc(C(=O)O)cc2)c1[N+](=O)[O-]. The van der Waals surface area contributed by atoms with Gasteiger partial charge in [0.2, 0.25) is 5.82 Å². The molecule has 0 spiro atoms. The number of nitrogens with zero attached hydrogens (tertiary/aromatic N) is 3. The first-order chi connectivity index (χ1) is 10.9. The first-order valence-corrected chi connectivity index (χ1v) is 6.65. The lowest BCUT2D eigenvalue weighted by Gasteiger charge is -2.11. The third-order valence-corrected chi connectivity index (χ3v) is 2.71. The van der Waals surface area contributed by atoms with E-state index in [4.69, 9.17) is 9.84 Å². The molecule has 0 saturated carbocycles. The molecular weight excluding hydrogens is 304 g/mol. The van der Waals surface area contributed by atoms with Crippen LogP contribution in [0, 0.1) is 10.1 Å². The van der Waals surface area contributed by atoms with Crippen molar-refractivity contribution in [3.63, 3.8) is 0 Å². The second-order valence-electron chi connectivity index (χ2n) is 4.81. The summed E-state index contributed by atoms with van der Waals surface area (Å²) < 4.78 is 5.33. The number of anilines is 2. The molecule has 0 fully saturated rings. The molecule has 0 radical (unpaired) electrons. The van der Waals surface area contributed by atoms with Gasteiger partial charge in [0.15, 0.2) is 0 Å². The van der Waals surface area contributed by atoms with Crippen LogP contribution in [0.3, 0.4) is 0 Å². The number of aromatic carboxylic acids is 1. The monoisotopic (exact) mass is 318 g/mol. The van der Waals surface area contributed by atoms with Crippen molar-refractivity contribution in [2.24, 2.45) is 0 Å². The summed E-state index contributed by atoms with van der Waals surface area (Å²) >= 11 is 0. The van der Waals surface area contributed by atoms with Gasteiger partial charge in [-0.2, -0.15) is 4.98 Å². The lowest BCUT2D eigenvalue weighted by Crippen LogP contribution is -2.11. The van der Waals surface area contributed by atoms with E-state index in [0.29, 0.717) is 5.69 Å². The number of nitro groups is 1. The molecule has 120 valence electrons. The fourth-order valence-electron chi connectivity index (χ4n) is 1.76. The third-order valence-electron chi connectivity index (χ3n) is 2.71. The van der Waals surface area contributed by atoms with Crippen molar-refractivity contribution in [3.8, 4) is 5.88 Å². The first kappa shape index (κ1) is 16.1. The summed E-state index contributed by atoms with van der Waals surface area (Å²) in [5, 5.41) is 22.9. The summed E-state index contributed by atoms with van der Waals surface area (Å²) in [6.07, 6.45) is 0.866. The zero-order chi connectivity index (χ0) is 17.0. The van der Waals surface area contributed by atoms with Crippen LogP contribution < -0.4 is 10.1 Å². The molecule has 0 unspecified atom stereocenters. The van der Waals surface area contributed by atoms with Gasteiger partial charge in [-0.15, -0.1) is 0 Å². The summed E-state index contributed by atoms with van der Waals surface area (Å²) in [6.45, 7) is 3.45. The second-order valence-corrected chi connectivity index (χ2v) is 4.81. The summed E-state index contributed by atoms with van der Waals surface area (Å²) in [4.78, 5) is 29.1. The molecule has 0 bridgehead atoms. The minimum atomic E-state index is -1.06. The first-order valence-electron chi connectivity index (χ1n) is 6.65. The van der Waals surface area contributed by atoms with Crippen LogP contribution in [0.2, 0.25) is 0 Å². The van der Waals surface area contributed by atoms with Gasteiger partial charge < -0.3 is 15.2 Å². The van der Waals surface area contributed by atoms with Gasteiger partial charge >= 0.3 is 11.7 Å². The van der Waals surface area contributed by atoms with E-state index in [1.54, 1.807) is 13.8 Å². The van der Waals surface area contributed by atoms with Crippen LogP contribution in [0.1, 0.15) is 24.2 Å². The van der Waals surface area contributed by atoms with Crippen LogP contribution in [0.25, 0.3) is 0 Å². The molecule has 9 nitrogen and oxygen atoms in total. The molecule has 2 N–H and O–H groups in total. The van der Waals surface area contributed by atoms with E-state index in [2.05, 4.69) is 15.3 Å². The summed E-state index contributed by atoms with van der Waals surface area (Å²) in [5.74, 6) is -1.23. The Labute approximate surface area is 131 Å². The highest BCUT2D eigenvalue weighted by atomic mass is 16.6. The maximum Gasteiger partial charge on any atom is 0.373 e. The number of nitrogens with one attached hydrogen (secondary N) is 1. The van der Waals surface area contributed by atoms with Gasteiger partial charge in [-0.1, -0.05) is 0 Å². The van der Waals surface area contributed by atoms with Gasteiger partial charge in [0.1, 0.15) is 6.33 Å². The molecule has 0 saturated heterocycles. The molecule has 23 heavy (non-hydrogen) atoms. The van der Waals surface area contributed by atoms with Gasteiger partial charge in [0.25, 0.3) is 5.88 Å². The summed E-state index contributed by atoms with van der Waals surface area (Å²) in [6, 6.07) is 5.73. The van der Waals surface area contributed by atoms with Gasteiger partial charge in [-0.05, 0) is 38.1 Å². The predicted octanol–water partition coefficient (Wildman–Crippen LogP) is 2.61.